The first-order chi connectivity index (χ1) is 12.2. The largest absolute Gasteiger partial charge is 0.364 e. The SMILES string of the molecule is CCCCCCCCCOC(C)NC(C)OCCCCCCCCC. The molecule has 2 unspecified atom stereocenters. The Morgan fingerprint density at radius 1 is 0.520 bits per heavy atom. The van der Waals surface area contributed by atoms with Gasteiger partial charge >= 0.3 is 0 Å². The molecule has 0 aromatic rings. The second-order valence-electron chi connectivity index (χ2n) is 7.44. The molecule has 25 heavy (non-hydrogen) atoms. The Hall–Kier alpha value is -0.120. The smallest absolute Gasteiger partial charge is 0.107 e. The molecule has 3 nitrogen and oxygen atoms in total. The van der Waals surface area contributed by atoms with E-state index in [9.17, 15) is 0 Å². The molecule has 1 N–H and O–H groups in total. The summed E-state index contributed by atoms with van der Waals surface area (Å²) in [6.07, 6.45) is 18.7. The molecule has 0 fully saturated rings. The van der Waals surface area contributed by atoms with Crippen molar-refractivity contribution in [3.8, 4) is 0 Å². The van der Waals surface area contributed by atoms with Gasteiger partial charge in [-0.1, -0.05) is 90.9 Å². The van der Waals surface area contributed by atoms with E-state index in [0.29, 0.717) is 0 Å². The molecule has 152 valence electrons. The molecule has 3 heteroatoms. The van der Waals surface area contributed by atoms with Crippen molar-refractivity contribution in [3.05, 3.63) is 0 Å². The van der Waals surface area contributed by atoms with Crippen LogP contribution in [-0.4, -0.2) is 25.7 Å². The highest BCUT2D eigenvalue weighted by atomic mass is 16.5. The molecule has 0 heterocycles. The van der Waals surface area contributed by atoms with Crippen molar-refractivity contribution in [1.82, 2.24) is 5.32 Å². The first-order valence-electron chi connectivity index (χ1n) is 11.2. The summed E-state index contributed by atoms with van der Waals surface area (Å²) in [4.78, 5) is 0. The van der Waals surface area contributed by atoms with Crippen molar-refractivity contribution in [2.45, 2.75) is 130 Å². The van der Waals surface area contributed by atoms with Gasteiger partial charge in [-0.05, 0) is 26.7 Å². The summed E-state index contributed by atoms with van der Waals surface area (Å²) in [7, 11) is 0. The summed E-state index contributed by atoms with van der Waals surface area (Å²) in [5.74, 6) is 0. The molecular formula is C22H47NO2. The number of rotatable bonds is 20. The Bertz CT molecular complexity index is 224. The Kier molecular flexibility index (Phi) is 20.1. The minimum Gasteiger partial charge on any atom is -0.364 e. The first-order valence-corrected chi connectivity index (χ1v) is 11.2. The molecular weight excluding hydrogens is 310 g/mol. The zero-order valence-corrected chi connectivity index (χ0v) is 17.8. The molecule has 0 aromatic heterocycles. The van der Waals surface area contributed by atoms with Crippen molar-refractivity contribution < 1.29 is 9.47 Å². The summed E-state index contributed by atoms with van der Waals surface area (Å²) in [5, 5.41) is 3.37. The lowest BCUT2D eigenvalue weighted by atomic mass is 10.1. The predicted octanol–water partition coefficient (Wildman–Crippen LogP) is 6.80. The van der Waals surface area contributed by atoms with Crippen LogP contribution >= 0.6 is 0 Å². The quantitative estimate of drug-likeness (QED) is 0.192. The van der Waals surface area contributed by atoms with E-state index in [2.05, 4.69) is 33.0 Å². The molecule has 0 aliphatic rings. The molecule has 2 atom stereocenters. The van der Waals surface area contributed by atoms with Crippen LogP contribution < -0.4 is 5.32 Å². The number of hydrogen-bond acceptors (Lipinski definition) is 3. The van der Waals surface area contributed by atoms with Gasteiger partial charge in [0, 0.05) is 13.2 Å². The van der Waals surface area contributed by atoms with Gasteiger partial charge in [0.05, 0.1) is 0 Å². The van der Waals surface area contributed by atoms with E-state index in [4.69, 9.17) is 9.47 Å². The van der Waals surface area contributed by atoms with E-state index in [1.165, 1.54) is 89.9 Å². The molecule has 0 saturated heterocycles. The average molecular weight is 358 g/mol. The van der Waals surface area contributed by atoms with Crippen LogP contribution in [0.15, 0.2) is 0 Å². The maximum absolute atomic E-state index is 5.83. The molecule has 0 aliphatic carbocycles. The van der Waals surface area contributed by atoms with Gasteiger partial charge in [-0.2, -0.15) is 0 Å². The third-order valence-corrected chi connectivity index (χ3v) is 4.70. The maximum atomic E-state index is 5.83. The molecule has 0 rings (SSSR count). The van der Waals surface area contributed by atoms with Crippen LogP contribution in [0, 0.1) is 0 Å². The number of nitrogens with one attached hydrogen (secondary N) is 1. The monoisotopic (exact) mass is 357 g/mol. The lowest BCUT2D eigenvalue weighted by Gasteiger charge is -2.21. The van der Waals surface area contributed by atoms with Crippen LogP contribution in [0.3, 0.4) is 0 Å². The fourth-order valence-electron chi connectivity index (χ4n) is 3.07. The second kappa shape index (κ2) is 20.2. The van der Waals surface area contributed by atoms with Gasteiger partial charge < -0.3 is 9.47 Å². The molecule has 0 radical (unpaired) electrons. The van der Waals surface area contributed by atoms with Gasteiger partial charge in [-0.15, -0.1) is 0 Å². The highest BCUT2D eigenvalue weighted by Crippen LogP contribution is 2.08. The third kappa shape index (κ3) is 20.0. The topological polar surface area (TPSA) is 30.5 Å². The average Bonchev–Trinajstić information content (AvgIpc) is 2.59. The fourth-order valence-corrected chi connectivity index (χ4v) is 3.07. The van der Waals surface area contributed by atoms with Crippen LogP contribution in [0.1, 0.15) is 118 Å². The van der Waals surface area contributed by atoms with E-state index in [1.807, 2.05) is 0 Å². The van der Waals surface area contributed by atoms with E-state index in [1.54, 1.807) is 0 Å². The van der Waals surface area contributed by atoms with Gasteiger partial charge in [0.25, 0.3) is 0 Å². The Balaban J connectivity index is 3.31. The Morgan fingerprint density at radius 2 is 0.840 bits per heavy atom. The maximum Gasteiger partial charge on any atom is 0.107 e. The summed E-state index contributed by atoms with van der Waals surface area (Å²) in [5.41, 5.74) is 0. The van der Waals surface area contributed by atoms with Crippen molar-refractivity contribution in [2.24, 2.45) is 0 Å². The van der Waals surface area contributed by atoms with Crippen LogP contribution in [0.25, 0.3) is 0 Å². The standard InChI is InChI=1S/C22H47NO2/c1-5-7-9-11-13-15-17-19-24-21(3)23-22(4)25-20-18-16-14-12-10-8-6-2/h21-23H,5-20H2,1-4H3. The van der Waals surface area contributed by atoms with Crippen molar-refractivity contribution in [1.29, 1.82) is 0 Å². The predicted molar refractivity (Wildman–Crippen MR) is 110 cm³/mol. The third-order valence-electron chi connectivity index (χ3n) is 4.70. The van der Waals surface area contributed by atoms with Gasteiger partial charge in [0.2, 0.25) is 0 Å². The van der Waals surface area contributed by atoms with Crippen LogP contribution in [0.5, 0.6) is 0 Å². The summed E-state index contributed by atoms with van der Waals surface area (Å²) in [6.45, 7) is 10.4. The second-order valence-corrected chi connectivity index (χ2v) is 7.44. The summed E-state index contributed by atoms with van der Waals surface area (Å²) >= 11 is 0. The van der Waals surface area contributed by atoms with Crippen LogP contribution in [0.2, 0.25) is 0 Å². The Morgan fingerprint density at radius 3 is 1.20 bits per heavy atom. The zero-order valence-electron chi connectivity index (χ0n) is 17.8. The Labute approximate surface area is 158 Å². The molecule has 0 bridgehead atoms. The number of hydrogen-bond donors (Lipinski definition) is 1. The number of ether oxygens (including phenoxy) is 2. The van der Waals surface area contributed by atoms with Crippen LogP contribution in [0.4, 0.5) is 0 Å². The number of unbranched alkanes of at least 4 members (excludes halogenated alkanes) is 12. The molecule has 0 amide bonds. The minimum absolute atomic E-state index is 0.0733. The highest BCUT2D eigenvalue weighted by Gasteiger charge is 2.07. The van der Waals surface area contributed by atoms with Gasteiger partial charge in [0.1, 0.15) is 12.5 Å². The van der Waals surface area contributed by atoms with Gasteiger partial charge in [-0.25, -0.2) is 0 Å². The molecule has 0 aromatic carbocycles. The normalized spacial score (nSPS) is 13.9. The van der Waals surface area contributed by atoms with E-state index in [-0.39, 0.29) is 12.5 Å². The lowest BCUT2D eigenvalue weighted by Crippen LogP contribution is -2.38. The molecule has 0 spiro atoms. The van der Waals surface area contributed by atoms with Gasteiger partial charge in [0.15, 0.2) is 0 Å². The zero-order chi connectivity index (χ0) is 18.6. The fraction of sp³-hybridized carbons (Fsp3) is 1.00. The van der Waals surface area contributed by atoms with Crippen molar-refractivity contribution >= 4 is 0 Å². The van der Waals surface area contributed by atoms with Crippen molar-refractivity contribution in [3.63, 3.8) is 0 Å². The van der Waals surface area contributed by atoms with Gasteiger partial charge in [-0.3, -0.25) is 5.32 Å². The van der Waals surface area contributed by atoms with E-state index >= 15 is 0 Å². The summed E-state index contributed by atoms with van der Waals surface area (Å²) < 4.78 is 11.7. The highest BCUT2D eigenvalue weighted by molar-refractivity contribution is 4.53. The first kappa shape index (κ1) is 24.9. The molecule has 0 saturated carbocycles. The lowest BCUT2D eigenvalue weighted by molar-refractivity contribution is -0.0321. The minimum atomic E-state index is 0.0733. The van der Waals surface area contributed by atoms with Crippen LogP contribution in [-0.2, 0) is 9.47 Å². The van der Waals surface area contributed by atoms with Crippen molar-refractivity contribution in [2.75, 3.05) is 13.2 Å². The van der Waals surface area contributed by atoms with E-state index < -0.39 is 0 Å². The molecule has 0 aliphatic heterocycles. The summed E-state index contributed by atoms with van der Waals surface area (Å²) in [6, 6.07) is 0. The van der Waals surface area contributed by atoms with E-state index in [0.717, 1.165) is 13.2 Å².